The maximum atomic E-state index is 4.65. The van der Waals surface area contributed by atoms with Gasteiger partial charge in [-0.2, -0.15) is 0 Å². The number of hydrogen-bond acceptors (Lipinski definition) is 4. The third-order valence-corrected chi connectivity index (χ3v) is 7.80. The lowest BCUT2D eigenvalue weighted by Gasteiger charge is -2.09. The van der Waals surface area contributed by atoms with Gasteiger partial charge < -0.3 is 20.6 Å². The van der Waals surface area contributed by atoms with Crippen LogP contribution in [-0.4, -0.2) is 32.5 Å². The van der Waals surface area contributed by atoms with Crippen LogP contribution in [0.15, 0.2) is 60.9 Å². The Bertz CT molecular complexity index is 1200. The highest BCUT2D eigenvalue weighted by atomic mass is 15.1. The molecule has 3 fully saturated rings. The van der Waals surface area contributed by atoms with Crippen molar-refractivity contribution in [2.75, 3.05) is 6.54 Å². The molecule has 0 bridgehead atoms. The Morgan fingerprint density at radius 1 is 0.676 bits per heavy atom. The fraction of sp³-hybridized carbons (Fsp3) is 0.357. The summed E-state index contributed by atoms with van der Waals surface area (Å²) in [5.41, 5.74) is 6.90. The Morgan fingerprint density at radius 3 is 1.74 bits per heavy atom. The van der Waals surface area contributed by atoms with Gasteiger partial charge in [-0.25, -0.2) is 9.97 Å². The van der Waals surface area contributed by atoms with E-state index in [9.17, 15) is 0 Å². The summed E-state index contributed by atoms with van der Waals surface area (Å²) in [5, 5.41) is 7.22. The molecule has 2 aromatic heterocycles. The van der Waals surface area contributed by atoms with Crippen molar-refractivity contribution in [3.8, 4) is 33.6 Å². The van der Waals surface area contributed by atoms with Crippen molar-refractivity contribution >= 4 is 0 Å². The smallest absolute Gasteiger partial charge is 0.123 e. The van der Waals surface area contributed by atoms with Gasteiger partial charge >= 0.3 is 0 Å². The van der Waals surface area contributed by atoms with E-state index < -0.39 is 0 Å². The normalized spacial score (nSPS) is 27.7. The molecule has 2 saturated heterocycles. The van der Waals surface area contributed by atoms with Gasteiger partial charge in [0, 0.05) is 6.04 Å². The first-order valence-electron chi connectivity index (χ1n) is 12.5. The van der Waals surface area contributed by atoms with Gasteiger partial charge in [0.05, 0.1) is 35.9 Å². The minimum absolute atomic E-state index is 0.340. The summed E-state index contributed by atoms with van der Waals surface area (Å²) < 4.78 is 0. The number of H-pyrrole nitrogens is 2. The first-order chi connectivity index (χ1) is 16.7. The molecule has 2 unspecified atom stereocenters. The molecular formula is C28H30N6. The highest BCUT2D eigenvalue weighted by Crippen LogP contribution is 2.45. The maximum Gasteiger partial charge on any atom is 0.123 e. The number of nitrogens with zero attached hydrogens (tertiary/aromatic N) is 2. The number of fused-ring (bicyclic) bond motifs is 1. The van der Waals surface area contributed by atoms with Crippen LogP contribution in [0.1, 0.15) is 49.9 Å². The zero-order valence-electron chi connectivity index (χ0n) is 19.4. The molecule has 1 aliphatic carbocycles. The second-order valence-corrected chi connectivity index (χ2v) is 10.4. The van der Waals surface area contributed by atoms with Gasteiger partial charge in [0.25, 0.3) is 0 Å². The van der Waals surface area contributed by atoms with Crippen LogP contribution in [0.5, 0.6) is 0 Å². The molecule has 3 aliphatic rings. The molecule has 4 N–H and O–H groups in total. The largest absolute Gasteiger partial charge is 0.341 e. The van der Waals surface area contributed by atoms with Crippen LogP contribution in [0.3, 0.4) is 0 Å². The number of aromatic amines is 2. The standard InChI is InChI=1S/C28H30N6/c1-16-10-23(29-13-16)27-30-14-25(33-27)19-6-2-17(3-7-19)18-4-8-20(9-5-18)26-15-31-28(34-26)24-12-21-11-22(21)32-24/h2-9,14-16,21-24,29,32H,10-13H2,1H3,(H,30,33)(H,31,34)/t16-,21-,22?,23?,24+/m1/s1. The lowest BCUT2D eigenvalue weighted by Crippen LogP contribution is -2.18. The van der Waals surface area contributed by atoms with E-state index in [1.54, 1.807) is 0 Å². The van der Waals surface area contributed by atoms with Crippen molar-refractivity contribution in [1.29, 1.82) is 0 Å². The maximum absolute atomic E-state index is 4.65. The summed E-state index contributed by atoms with van der Waals surface area (Å²) in [6, 6.07) is 18.9. The molecule has 1 saturated carbocycles. The number of imidazole rings is 2. The SMILES string of the molecule is C[C@H]1CNC(c2ncc(-c3ccc(-c4ccc(-c5cnc([C@@H]6C[C@H]7CC7N6)[nH]5)cc4)cc3)[nH]2)C1. The molecule has 4 heterocycles. The summed E-state index contributed by atoms with van der Waals surface area (Å²) in [6.45, 7) is 3.35. The van der Waals surface area contributed by atoms with Crippen LogP contribution < -0.4 is 10.6 Å². The molecule has 4 aromatic rings. The third-order valence-electron chi connectivity index (χ3n) is 7.80. The molecule has 2 aliphatic heterocycles. The topological polar surface area (TPSA) is 81.4 Å². The van der Waals surface area contributed by atoms with Crippen molar-refractivity contribution in [3.05, 3.63) is 72.6 Å². The highest BCUT2D eigenvalue weighted by molar-refractivity contribution is 5.71. The van der Waals surface area contributed by atoms with E-state index in [0.29, 0.717) is 18.0 Å². The van der Waals surface area contributed by atoms with Crippen LogP contribution >= 0.6 is 0 Å². The Hall–Kier alpha value is -3.22. The predicted molar refractivity (Wildman–Crippen MR) is 134 cm³/mol. The second-order valence-electron chi connectivity index (χ2n) is 10.4. The van der Waals surface area contributed by atoms with Gasteiger partial charge in [-0.3, -0.25) is 0 Å². The number of aromatic nitrogens is 4. The van der Waals surface area contributed by atoms with E-state index in [1.165, 1.54) is 29.5 Å². The van der Waals surface area contributed by atoms with Crippen molar-refractivity contribution in [2.24, 2.45) is 11.8 Å². The monoisotopic (exact) mass is 450 g/mol. The van der Waals surface area contributed by atoms with Crippen LogP contribution in [-0.2, 0) is 0 Å². The van der Waals surface area contributed by atoms with E-state index in [4.69, 9.17) is 0 Å². The fourth-order valence-corrected chi connectivity index (χ4v) is 5.66. The Balaban J connectivity index is 1.05. The van der Waals surface area contributed by atoms with Crippen LogP contribution in [0, 0.1) is 11.8 Å². The zero-order valence-corrected chi connectivity index (χ0v) is 19.4. The summed E-state index contributed by atoms with van der Waals surface area (Å²) in [6.07, 6.45) is 7.60. The molecule has 6 heteroatoms. The van der Waals surface area contributed by atoms with Crippen LogP contribution in [0.4, 0.5) is 0 Å². The molecule has 7 rings (SSSR count). The zero-order chi connectivity index (χ0) is 22.6. The fourth-order valence-electron chi connectivity index (χ4n) is 5.66. The predicted octanol–water partition coefficient (Wildman–Crippen LogP) is 5.23. The number of benzene rings is 2. The van der Waals surface area contributed by atoms with Crippen molar-refractivity contribution < 1.29 is 0 Å². The molecule has 34 heavy (non-hydrogen) atoms. The molecular weight excluding hydrogens is 420 g/mol. The number of piperidine rings is 1. The van der Waals surface area contributed by atoms with Crippen molar-refractivity contribution in [3.63, 3.8) is 0 Å². The van der Waals surface area contributed by atoms with E-state index >= 15 is 0 Å². The van der Waals surface area contributed by atoms with Gasteiger partial charge in [-0.05, 0) is 59.9 Å². The minimum atomic E-state index is 0.340. The van der Waals surface area contributed by atoms with Crippen molar-refractivity contribution in [2.45, 2.75) is 44.3 Å². The Kier molecular flexibility index (Phi) is 4.71. The highest BCUT2D eigenvalue weighted by Gasteiger charge is 2.46. The number of rotatable bonds is 5. The van der Waals surface area contributed by atoms with Gasteiger partial charge in [0.1, 0.15) is 11.6 Å². The molecule has 2 aromatic carbocycles. The summed E-state index contributed by atoms with van der Waals surface area (Å²) in [4.78, 5) is 16.3. The summed E-state index contributed by atoms with van der Waals surface area (Å²) >= 11 is 0. The quantitative estimate of drug-likeness (QED) is 0.336. The Labute approximate surface area is 199 Å². The molecule has 6 nitrogen and oxygen atoms in total. The summed E-state index contributed by atoms with van der Waals surface area (Å²) in [7, 11) is 0. The molecule has 0 radical (unpaired) electrons. The van der Waals surface area contributed by atoms with Gasteiger partial charge in [-0.15, -0.1) is 0 Å². The first kappa shape index (κ1) is 20.2. The second kappa shape index (κ2) is 7.93. The first-order valence-corrected chi connectivity index (χ1v) is 12.5. The molecule has 0 spiro atoms. The number of hydrogen-bond donors (Lipinski definition) is 4. The average molecular weight is 451 g/mol. The summed E-state index contributed by atoms with van der Waals surface area (Å²) in [5.74, 6) is 3.69. The van der Waals surface area contributed by atoms with Crippen molar-refractivity contribution in [1.82, 2.24) is 30.6 Å². The lowest BCUT2D eigenvalue weighted by molar-refractivity contribution is 0.543. The Morgan fingerprint density at radius 2 is 1.24 bits per heavy atom. The van der Waals surface area contributed by atoms with E-state index in [-0.39, 0.29) is 0 Å². The van der Waals surface area contributed by atoms with E-state index in [0.717, 1.165) is 53.5 Å². The average Bonchev–Trinajstić information content (AvgIpc) is 3.44. The van der Waals surface area contributed by atoms with Gasteiger partial charge in [-0.1, -0.05) is 55.5 Å². The molecule has 5 atom stereocenters. The lowest BCUT2D eigenvalue weighted by atomic mass is 10.0. The van der Waals surface area contributed by atoms with Crippen LogP contribution in [0.25, 0.3) is 33.6 Å². The van der Waals surface area contributed by atoms with E-state index in [1.807, 2.05) is 12.4 Å². The van der Waals surface area contributed by atoms with Gasteiger partial charge in [0.2, 0.25) is 0 Å². The molecule has 0 amide bonds. The van der Waals surface area contributed by atoms with Gasteiger partial charge in [0.15, 0.2) is 0 Å². The van der Waals surface area contributed by atoms with E-state index in [2.05, 4.69) is 86.0 Å². The van der Waals surface area contributed by atoms with Crippen LogP contribution in [0.2, 0.25) is 0 Å². The number of nitrogens with one attached hydrogen (secondary N) is 4. The minimum Gasteiger partial charge on any atom is -0.341 e. The molecule has 172 valence electrons. The third kappa shape index (κ3) is 3.67.